The van der Waals surface area contributed by atoms with Gasteiger partial charge in [-0.05, 0) is 65.9 Å². The molecule has 2 aliphatic heterocycles. The van der Waals surface area contributed by atoms with Crippen molar-refractivity contribution in [2.45, 2.75) is 31.9 Å². The van der Waals surface area contributed by atoms with E-state index in [0.717, 1.165) is 39.0 Å². The van der Waals surface area contributed by atoms with Gasteiger partial charge < -0.3 is 15.4 Å². The van der Waals surface area contributed by atoms with Crippen LogP contribution in [0.3, 0.4) is 0 Å². The van der Waals surface area contributed by atoms with Crippen LogP contribution in [-0.4, -0.2) is 49.6 Å². The lowest BCUT2D eigenvalue weighted by atomic mass is 9.93. The van der Waals surface area contributed by atoms with E-state index in [2.05, 4.69) is 59.2 Å². The van der Waals surface area contributed by atoms with Crippen molar-refractivity contribution in [3.05, 3.63) is 77.4 Å². The summed E-state index contributed by atoms with van der Waals surface area (Å²) in [4.78, 5) is 16.6. The molecule has 0 unspecified atom stereocenters. The van der Waals surface area contributed by atoms with Crippen LogP contribution in [0.4, 0.5) is 5.69 Å². The Morgan fingerprint density at radius 3 is 2.72 bits per heavy atom. The maximum atomic E-state index is 11.5. The molecular formula is C27H31N3O2. The van der Waals surface area contributed by atoms with Crippen molar-refractivity contribution in [3.8, 4) is 0 Å². The monoisotopic (exact) mass is 429 g/mol. The predicted octanol–water partition coefficient (Wildman–Crippen LogP) is 4.15. The van der Waals surface area contributed by atoms with E-state index in [-0.39, 0.29) is 12.0 Å². The minimum absolute atomic E-state index is 0.0893. The number of rotatable bonds is 5. The van der Waals surface area contributed by atoms with Gasteiger partial charge in [-0.3, -0.25) is 9.69 Å². The fourth-order valence-corrected chi connectivity index (χ4v) is 5.15. The second-order valence-electron chi connectivity index (χ2n) is 9.04. The zero-order valence-corrected chi connectivity index (χ0v) is 18.7. The zero-order valence-electron chi connectivity index (χ0n) is 18.7. The predicted molar refractivity (Wildman–Crippen MR) is 129 cm³/mol. The fraction of sp³-hybridized carbons (Fsp3) is 0.370. The first-order chi connectivity index (χ1) is 15.6. The highest BCUT2D eigenvalue weighted by molar-refractivity contribution is 5.93. The molecule has 2 N–H and O–H groups in total. The smallest absolute Gasteiger partial charge is 0.248 e. The number of nitrogens with zero attached hydrogens (tertiary/aromatic N) is 2. The Morgan fingerprint density at radius 2 is 1.91 bits per heavy atom. The lowest BCUT2D eigenvalue weighted by molar-refractivity contribution is 0.0255. The molecule has 5 rings (SSSR count). The summed E-state index contributed by atoms with van der Waals surface area (Å²) >= 11 is 0. The zero-order chi connectivity index (χ0) is 22.1. The molecule has 0 saturated carbocycles. The van der Waals surface area contributed by atoms with E-state index in [0.29, 0.717) is 18.2 Å². The number of ether oxygens (including phenoxy) is 1. The number of primary amides is 1. The Hall–Kier alpha value is -2.89. The number of hydrogen-bond acceptors (Lipinski definition) is 4. The van der Waals surface area contributed by atoms with Gasteiger partial charge in [0, 0.05) is 43.5 Å². The van der Waals surface area contributed by atoms with Crippen molar-refractivity contribution in [1.82, 2.24) is 4.90 Å². The SMILES string of the molecule is C[C@@H]1CN(c2ccc3ccccc3c2)CCN1CC[C@@H]1OCCc2cc(C(N)=O)ccc21. The van der Waals surface area contributed by atoms with Crippen LogP contribution in [0.15, 0.2) is 60.7 Å². The number of carbonyl (C=O) groups is 1. The minimum Gasteiger partial charge on any atom is -0.373 e. The van der Waals surface area contributed by atoms with Gasteiger partial charge in [0.05, 0.1) is 12.7 Å². The standard InChI is InChI=1S/C27H31N3O2/c1-19-18-30(24-8-6-20-4-2-3-5-21(20)17-24)14-13-29(19)12-10-26-25-9-7-23(27(28)31)16-22(25)11-15-32-26/h2-9,16-17,19,26H,10-15,18H2,1H3,(H2,28,31)/t19-,26+/m1/s1. The first kappa shape index (κ1) is 21.0. The van der Waals surface area contributed by atoms with Crippen LogP contribution in [0.2, 0.25) is 0 Å². The molecule has 3 aromatic carbocycles. The summed E-state index contributed by atoms with van der Waals surface area (Å²) in [6.07, 6.45) is 1.89. The van der Waals surface area contributed by atoms with Crippen LogP contribution in [-0.2, 0) is 11.2 Å². The molecule has 0 bridgehead atoms. The number of fused-ring (bicyclic) bond motifs is 2. The Balaban J connectivity index is 1.21. The molecule has 32 heavy (non-hydrogen) atoms. The number of hydrogen-bond donors (Lipinski definition) is 1. The van der Waals surface area contributed by atoms with E-state index in [1.807, 2.05) is 18.2 Å². The van der Waals surface area contributed by atoms with E-state index < -0.39 is 0 Å². The Bertz CT molecular complexity index is 1130. The van der Waals surface area contributed by atoms with Crippen molar-refractivity contribution in [2.24, 2.45) is 5.73 Å². The Morgan fingerprint density at radius 1 is 1.06 bits per heavy atom. The van der Waals surface area contributed by atoms with Gasteiger partial charge in [0.2, 0.25) is 5.91 Å². The molecule has 0 spiro atoms. The highest BCUT2D eigenvalue weighted by Gasteiger charge is 2.27. The summed E-state index contributed by atoms with van der Waals surface area (Å²) in [7, 11) is 0. The molecule has 166 valence electrons. The van der Waals surface area contributed by atoms with Crippen LogP contribution in [0.1, 0.15) is 40.9 Å². The highest BCUT2D eigenvalue weighted by Crippen LogP contribution is 2.31. The molecule has 5 nitrogen and oxygen atoms in total. The number of nitrogens with two attached hydrogens (primary N) is 1. The third-order valence-corrected chi connectivity index (χ3v) is 7.01. The fourth-order valence-electron chi connectivity index (χ4n) is 5.15. The number of amides is 1. The van der Waals surface area contributed by atoms with Gasteiger partial charge in [-0.15, -0.1) is 0 Å². The van der Waals surface area contributed by atoms with Crippen molar-refractivity contribution in [2.75, 3.05) is 37.7 Å². The van der Waals surface area contributed by atoms with Crippen molar-refractivity contribution < 1.29 is 9.53 Å². The molecule has 0 radical (unpaired) electrons. The summed E-state index contributed by atoms with van der Waals surface area (Å²) in [5.74, 6) is -0.367. The largest absolute Gasteiger partial charge is 0.373 e. The average Bonchev–Trinajstić information content (AvgIpc) is 2.82. The quantitative estimate of drug-likeness (QED) is 0.662. The summed E-state index contributed by atoms with van der Waals surface area (Å²) in [6, 6.07) is 21.6. The molecule has 2 atom stereocenters. The van der Waals surface area contributed by atoms with Crippen LogP contribution < -0.4 is 10.6 Å². The topological polar surface area (TPSA) is 58.8 Å². The number of anilines is 1. The van der Waals surface area contributed by atoms with Gasteiger partial charge in [-0.25, -0.2) is 0 Å². The molecule has 2 heterocycles. The van der Waals surface area contributed by atoms with Gasteiger partial charge in [-0.1, -0.05) is 36.4 Å². The van der Waals surface area contributed by atoms with Gasteiger partial charge in [0.25, 0.3) is 0 Å². The third kappa shape index (κ3) is 4.23. The molecule has 0 aliphatic carbocycles. The van der Waals surface area contributed by atoms with E-state index in [9.17, 15) is 4.79 Å². The highest BCUT2D eigenvalue weighted by atomic mass is 16.5. The number of carbonyl (C=O) groups excluding carboxylic acids is 1. The molecule has 1 amide bonds. The first-order valence-electron chi connectivity index (χ1n) is 11.6. The summed E-state index contributed by atoms with van der Waals surface area (Å²) in [5, 5.41) is 2.59. The van der Waals surface area contributed by atoms with Gasteiger partial charge >= 0.3 is 0 Å². The summed E-state index contributed by atoms with van der Waals surface area (Å²) in [6.45, 7) is 7.14. The van der Waals surface area contributed by atoms with Gasteiger partial charge in [0.1, 0.15) is 0 Å². The van der Waals surface area contributed by atoms with E-state index in [1.165, 1.54) is 27.6 Å². The van der Waals surface area contributed by atoms with Crippen molar-refractivity contribution >= 4 is 22.4 Å². The molecular weight excluding hydrogens is 398 g/mol. The van der Waals surface area contributed by atoms with Crippen LogP contribution in [0.25, 0.3) is 10.8 Å². The third-order valence-electron chi connectivity index (χ3n) is 7.01. The van der Waals surface area contributed by atoms with Crippen LogP contribution in [0, 0.1) is 0 Å². The van der Waals surface area contributed by atoms with Crippen molar-refractivity contribution in [1.29, 1.82) is 0 Å². The van der Waals surface area contributed by atoms with Gasteiger partial charge in [-0.2, -0.15) is 0 Å². The maximum absolute atomic E-state index is 11.5. The van der Waals surface area contributed by atoms with E-state index >= 15 is 0 Å². The lowest BCUT2D eigenvalue weighted by Crippen LogP contribution is -2.52. The van der Waals surface area contributed by atoms with Gasteiger partial charge in [0.15, 0.2) is 0 Å². The summed E-state index contributed by atoms with van der Waals surface area (Å²) in [5.41, 5.74) is 9.76. The Labute approximate surface area is 189 Å². The average molecular weight is 430 g/mol. The summed E-state index contributed by atoms with van der Waals surface area (Å²) < 4.78 is 6.11. The first-order valence-corrected chi connectivity index (χ1v) is 11.6. The molecule has 0 aromatic heterocycles. The normalized spacial score (nSPS) is 21.5. The number of piperazine rings is 1. The molecule has 1 saturated heterocycles. The molecule has 2 aliphatic rings. The molecule has 1 fully saturated rings. The second kappa shape index (κ2) is 8.93. The molecule has 3 aromatic rings. The Kier molecular flexibility index (Phi) is 5.85. The van der Waals surface area contributed by atoms with E-state index in [1.54, 1.807) is 0 Å². The number of benzene rings is 3. The second-order valence-corrected chi connectivity index (χ2v) is 9.04. The van der Waals surface area contributed by atoms with Crippen molar-refractivity contribution in [3.63, 3.8) is 0 Å². The van der Waals surface area contributed by atoms with Crippen LogP contribution >= 0.6 is 0 Å². The minimum atomic E-state index is -0.367. The maximum Gasteiger partial charge on any atom is 0.248 e. The lowest BCUT2D eigenvalue weighted by Gasteiger charge is -2.41. The molecule has 5 heteroatoms. The van der Waals surface area contributed by atoms with Crippen LogP contribution in [0.5, 0.6) is 0 Å². The van der Waals surface area contributed by atoms with E-state index in [4.69, 9.17) is 10.5 Å².